The predicted molar refractivity (Wildman–Crippen MR) is 93.9 cm³/mol. The number of sulfonamides is 1. The van der Waals surface area contributed by atoms with E-state index in [9.17, 15) is 13.2 Å². The average molecular weight is 395 g/mol. The van der Waals surface area contributed by atoms with Gasteiger partial charge in [0.05, 0.1) is 10.6 Å². The van der Waals surface area contributed by atoms with Crippen molar-refractivity contribution in [2.75, 3.05) is 11.3 Å². The van der Waals surface area contributed by atoms with E-state index in [1.54, 1.807) is 36.4 Å². The predicted octanol–water partition coefficient (Wildman–Crippen LogP) is 3.17. The first-order valence-corrected chi connectivity index (χ1v) is 8.98. The smallest absolute Gasteiger partial charge is 0.261 e. The second-order valence-corrected chi connectivity index (χ2v) is 7.15. The number of hydrogen-bond donors (Lipinski definition) is 2. The molecule has 2 aromatic carbocycles. The lowest BCUT2D eigenvalue weighted by molar-refractivity contribution is 0.0958. The molecule has 5 nitrogen and oxygen atoms in total. The van der Waals surface area contributed by atoms with Crippen LogP contribution in [-0.2, 0) is 10.0 Å². The molecule has 2 aromatic rings. The fraction of sp³-hybridized carbons (Fsp3) is 0.0625. The monoisotopic (exact) mass is 394 g/mol. The van der Waals surface area contributed by atoms with Gasteiger partial charge in [0.1, 0.15) is 0 Å². The van der Waals surface area contributed by atoms with E-state index in [0.717, 1.165) is 0 Å². The summed E-state index contributed by atoms with van der Waals surface area (Å²) >= 11 is 3.29. The molecule has 0 aliphatic heterocycles. The van der Waals surface area contributed by atoms with Gasteiger partial charge in [-0.3, -0.25) is 9.52 Å². The van der Waals surface area contributed by atoms with E-state index in [1.165, 1.54) is 18.2 Å². The molecule has 0 spiro atoms. The standard InChI is InChI=1S/C16H15BrN2O3S/c1-2-10-18-16(20)12-6-5-7-13(11-12)23(21,22)19-15-9-4-3-8-14(15)17/h2-9,11,19H,1,10H2,(H,18,20). The molecule has 0 saturated heterocycles. The molecule has 0 saturated carbocycles. The first kappa shape index (κ1) is 17.2. The van der Waals surface area contributed by atoms with Gasteiger partial charge in [-0.05, 0) is 46.3 Å². The van der Waals surface area contributed by atoms with Crippen LogP contribution in [0.2, 0.25) is 0 Å². The summed E-state index contributed by atoms with van der Waals surface area (Å²) in [5.74, 6) is -0.358. The highest BCUT2D eigenvalue weighted by molar-refractivity contribution is 9.10. The van der Waals surface area contributed by atoms with Crippen LogP contribution in [0.25, 0.3) is 0 Å². The van der Waals surface area contributed by atoms with Gasteiger partial charge in [-0.2, -0.15) is 0 Å². The maximum atomic E-state index is 12.5. The molecule has 2 N–H and O–H groups in total. The third-order valence-electron chi connectivity index (χ3n) is 2.93. The van der Waals surface area contributed by atoms with Gasteiger partial charge in [-0.15, -0.1) is 6.58 Å². The summed E-state index contributed by atoms with van der Waals surface area (Å²) in [6, 6.07) is 12.7. The Morgan fingerprint density at radius 1 is 1.17 bits per heavy atom. The van der Waals surface area contributed by atoms with Gasteiger partial charge < -0.3 is 5.32 Å². The summed E-state index contributed by atoms with van der Waals surface area (Å²) in [5, 5.41) is 2.61. The third kappa shape index (κ3) is 4.43. The minimum atomic E-state index is -3.79. The molecule has 0 radical (unpaired) electrons. The number of nitrogens with one attached hydrogen (secondary N) is 2. The number of hydrogen-bond acceptors (Lipinski definition) is 3. The molecule has 2 rings (SSSR count). The molecule has 120 valence electrons. The topological polar surface area (TPSA) is 75.3 Å². The molecule has 0 aliphatic carbocycles. The van der Waals surface area contributed by atoms with Crippen LogP contribution in [0.1, 0.15) is 10.4 Å². The van der Waals surface area contributed by atoms with Crippen LogP contribution in [0.4, 0.5) is 5.69 Å². The van der Waals surface area contributed by atoms with Crippen molar-refractivity contribution in [2.45, 2.75) is 4.90 Å². The number of amides is 1. The van der Waals surface area contributed by atoms with Crippen LogP contribution < -0.4 is 10.0 Å². The van der Waals surface area contributed by atoms with Gasteiger partial charge in [0, 0.05) is 16.6 Å². The molecule has 0 heterocycles. The number of rotatable bonds is 6. The maximum absolute atomic E-state index is 12.5. The highest BCUT2D eigenvalue weighted by atomic mass is 79.9. The van der Waals surface area contributed by atoms with E-state index in [4.69, 9.17) is 0 Å². The average Bonchev–Trinajstić information content (AvgIpc) is 2.54. The van der Waals surface area contributed by atoms with Crippen LogP contribution in [0.15, 0.2) is 70.6 Å². The number of halogens is 1. The summed E-state index contributed by atoms with van der Waals surface area (Å²) in [7, 11) is -3.79. The minimum Gasteiger partial charge on any atom is -0.349 e. The number of carbonyl (C=O) groups is 1. The van der Waals surface area contributed by atoms with Gasteiger partial charge in [0.25, 0.3) is 15.9 Å². The Labute approximate surface area is 143 Å². The van der Waals surface area contributed by atoms with Crippen LogP contribution in [0.3, 0.4) is 0 Å². The Morgan fingerprint density at radius 2 is 1.91 bits per heavy atom. The molecule has 0 bridgehead atoms. The lowest BCUT2D eigenvalue weighted by atomic mass is 10.2. The molecule has 1 amide bonds. The minimum absolute atomic E-state index is 0.0134. The fourth-order valence-electron chi connectivity index (χ4n) is 1.82. The second-order valence-electron chi connectivity index (χ2n) is 4.61. The van der Waals surface area contributed by atoms with Crippen molar-refractivity contribution in [2.24, 2.45) is 0 Å². The summed E-state index contributed by atoms with van der Waals surface area (Å²) in [6.07, 6.45) is 1.55. The first-order chi connectivity index (χ1) is 10.9. The fourth-order valence-corrected chi connectivity index (χ4v) is 3.46. The van der Waals surface area contributed by atoms with E-state index >= 15 is 0 Å². The van der Waals surface area contributed by atoms with Crippen molar-refractivity contribution in [1.82, 2.24) is 5.32 Å². The highest BCUT2D eigenvalue weighted by Crippen LogP contribution is 2.24. The zero-order valence-electron chi connectivity index (χ0n) is 12.1. The SMILES string of the molecule is C=CCNC(=O)c1cccc(S(=O)(=O)Nc2ccccc2Br)c1. The van der Waals surface area contributed by atoms with Crippen LogP contribution >= 0.6 is 15.9 Å². The van der Waals surface area contributed by atoms with E-state index in [1.807, 2.05) is 0 Å². The summed E-state index contributed by atoms with van der Waals surface area (Å²) in [5.41, 5.74) is 0.691. The van der Waals surface area contributed by atoms with Crippen molar-refractivity contribution in [1.29, 1.82) is 0 Å². The Hall–Kier alpha value is -2.12. The molecular formula is C16H15BrN2O3S. The van der Waals surface area contributed by atoms with Crippen LogP contribution in [0.5, 0.6) is 0 Å². The van der Waals surface area contributed by atoms with E-state index in [0.29, 0.717) is 16.7 Å². The zero-order chi connectivity index (χ0) is 16.9. The molecule has 23 heavy (non-hydrogen) atoms. The number of benzene rings is 2. The Kier molecular flexibility index (Phi) is 5.57. The van der Waals surface area contributed by atoms with Crippen molar-refractivity contribution < 1.29 is 13.2 Å². The quantitative estimate of drug-likeness (QED) is 0.738. The van der Waals surface area contributed by atoms with Gasteiger partial charge in [0.2, 0.25) is 0 Å². The Balaban J connectivity index is 2.28. The van der Waals surface area contributed by atoms with Crippen LogP contribution in [0, 0.1) is 0 Å². The Bertz CT molecular complexity index is 835. The molecule has 0 fully saturated rings. The van der Waals surface area contributed by atoms with E-state index < -0.39 is 10.0 Å². The number of anilines is 1. The van der Waals surface area contributed by atoms with E-state index in [2.05, 4.69) is 32.5 Å². The van der Waals surface area contributed by atoms with Crippen molar-refractivity contribution >= 4 is 37.5 Å². The Morgan fingerprint density at radius 3 is 2.61 bits per heavy atom. The molecule has 0 aliphatic rings. The largest absolute Gasteiger partial charge is 0.349 e. The highest BCUT2D eigenvalue weighted by Gasteiger charge is 2.17. The van der Waals surface area contributed by atoms with Gasteiger partial charge in [-0.25, -0.2) is 8.42 Å². The number of para-hydroxylation sites is 1. The maximum Gasteiger partial charge on any atom is 0.261 e. The zero-order valence-corrected chi connectivity index (χ0v) is 14.5. The third-order valence-corrected chi connectivity index (χ3v) is 4.99. The first-order valence-electron chi connectivity index (χ1n) is 6.70. The lowest BCUT2D eigenvalue weighted by Crippen LogP contribution is -2.23. The molecule has 0 unspecified atom stereocenters. The van der Waals surface area contributed by atoms with Crippen molar-refractivity contribution in [3.63, 3.8) is 0 Å². The summed E-state index contributed by atoms with van der Waals surface area (Å²) in [6.45, 7) is 3.82. The van der Waals surface area contributed by atoms with Gasteiger partial charge in [-0.1, -0.05) is 24.3 Å². The molecule has 0 aromatic heterocycles. The van der Waals surface area contributed by atoms with Crippen LogP contribution in [-0.4, -0.2) is 20.9 Å². The molecule has 7 heteroatoms. The second kappa shape index (κ2) is 7.43. The molecule has 0 atom stereocenters. The van der Waals surface area contributed by atoms with Crippen molar-refractivity contribution in [3.05, 3.63) is 71.2 Å². The number of carbonyl (C=O) groups excluding carboxylic acids is 1. The summed E-state index contributed by atoms with van der Waals surface area (Å²) < 4.78 is 28.0. The van der Waals surface area contributed by atoms with Gasteiger partial charge in [0.15, 0.2) is 0 Å². The van der Waals surface area contributed by atoms with E-state index in [-0.39, 0.29) is 16.4 Å². The van der Waals surface area contributed by atoms with Gasteiger partial charge >= 0.3 is 0 Å². The summed E-state index contributed by atoms with van der Waals surface area (Å²) in [4.78, 5) is 11.9. The van der Waals surface area contributed by atoms with Crippen molar-refractivity contribution in [3.8, 4) is 0 Å². The normalized spacial score (nSPS) is 10.8. The molecular weight excluding hydrogens is 380 g/mol. The lowest BCUT2D eigenvalue weighted by Gasteiger charge is -2.10.